The molecule has 1 atom stereocenters. The maximum atomic E-state index is 12.1. The van der Waals surface area contributed by atoms with Crippen molar-refractivity contribution < 1.29 is 24.5 Å². The van der Waals surface area contributed by atoms with E-state index in [1.54, 1.807) is 24.3 Å². The molecule has 138 valence electrons. The third-order valence-corrected chi connectivity index (χ3v) is 5.70. The number of Topliss-reactive ketones (excluding diaryl/α,β-unsaturated/α-hetero) is 1. The lowest BCUT2D eigenvalue weighted by Crippen LogP contribution is -2.28. The van der Waals surface area contributed by atoms with Crippen molar-refractivity contribution in [1.82, 2.24) is 5.32 Å². The second-order valence-electron chi connectivity index (χ2n) is 6.25. The monoisotopic (exact) mass is 376 g/mol. The number of nitrogens with one attached hydrogen (secondary N) is 1. The molecule has 26 heavy (non-hydrogen) atoms. The van der Waals surface area contributed by atoms with Crippen LogP contribution in [0.3, 0.4) is 0 Å². The second kappa shape index (κ2) is 9.01. The Bertz CT molecular complexity index is 746. The van der Waals surface area contributed by atoms with Crippen molar-refractivity contribution in [2.45, 2.75) is 19.1 Å². The summed E-state index contributed by atoms with van der Waals surface area (Å²) in [7, 11) is -3.32. The Balaban J connectivity index is 1.84. The average Bonchev–Trinajstić information content (AvgIpc) is 2.59. The van der Waals surface area contributed by atoms with Crippen molar-refractivity contribution in [3.05, 3.63) is 71.3 Å². The number of rotatable bonds is 9. The van der Waals surface area contributed by atoms with E-state index in [-0.39, 0.29) is 36.3 Å². The fourth-order valence-corrected chi connectivity index (χ4v) is 4.15. The Labute approximate surface area is 153 Å². The molecule has 0 spiro atoms. The molecule has 4 N–H and O–H groups in total. The highest BCUT2D eigenvalue weighted by Crippen LogP contribution is 2.52. The summed E-state index contributed by atoms with van der Waals surface area (Å²) in [6, 6.07) is 15.3. The Morgan fingerprint density at radius 2 is 1.65 bits per heavy atom. The molecule has 0 aromatic heterocycles. The summed E-state index contributed by atoms with van der Waals surface area (Å²) in [6.07, 6.45) is -0.175. The first-order valence-corrected chi connectivity index (χ1v) is 10.3. The van der Waals surface area contributed by atoms with E-state index in [1.165, 1.54) is 12.1 Å². The number of hydrogen-bond acceptors (Lipinski definition) is 5. The zero-order valence-corrected chi connectivity index (χ0v) is 15.4. The highest BCUT2D eigenvalue weighted by atomic mass is 31.2. The lowest BCUT2D eigenvalue weighted by Gasteiger charge is -2.15. The predicted octanol–water partition coefficient (Wildman–Crippen LogP) is 2.64. The molecule has 2 aromatic rings. The number of hydrogen-bond donors (Lipinski definition) is 4. The molecule has 1 unspecified atom stereocenters. The van der Waals surface area contributed by atoms with E-state index in [4.69, 9.17) is 5.11 Å². The van der Waals surface area contributed by atoms with E-state index in [1.807, 2.05) is 25.1 Å². The Hall–Kier alpha value is -2.11. The van der Waals surface area contributed by atoms with Crippen LogP contribution in [0.2, 0.25) is 0 Å². The van der Waals surface area contributed by atoms with Gasteiger partial charge in [-0.2, -0.15) is 0 Å². The van der Waals surface area contributed by atoms with Crippen LogP contribution in [0.1, 0.15) is 34.5 Å². The first-order chi connectivity index (χ1) is 12.3. The van der Waals surface area contributed by atoms with Crippen LogP contribution in [-0.2, 0) is 11.0 Å². The molecule has 2 rings (SSSR count). The summed E-state index contributed by atoms with van der Waals surface area (Å²) in [5, 5.41) is 11.9. The Kier molecular flexibility index (Phi) is 7.00. The van der Waals surface area contributed by atoms with Gasteiger partial charge >= 0.3 is 5.97 Å². The SMILES string of the molecule is CC(NCC(=O)C[P+](O)(O)Cc1ccccc1)c1ccc(C(=O)O)cc1. The van der Waals surface area contributed by atoms with Crippen LogP contribution < -0.4 is 5.32 Å². The molecule has 0 aliphatic carbocycles. The number of carbonyl (C=O) groups excluding carboxylic acids is 1. The average molecular weight is 376 g/mol. The molecule has 0 aliphatic heterocycles. The van der Waals surface area contributed by atoms with E-state index < -0.39 is 13.7 Å². The van der Waals surface area contributed by atoms with Gasteiger partial charge in [0.15, 0.2) is 11.9 Å². The Morgan fingerprint density at radius 1 is 1.04 bits per heavy atom. The minimum atomic E-state index is -3.32. The molecule has 0 fully saturated rings. The molecule has 0 amide bonds. The van der Waals surface area contributed by atoms with Gasteiger partial charge in [0.05, 0.1) is 12.1 Å². The van der Waals surface area contributed by atoms with Crippen LogP contribution in [-0.4, -0.2) is 39.4 Å². The first-order valence-electron chi connectivity index (χ1n) is 8.22. The van der Waals surface area contributed by atoms with Crippen molar-refractivity contribution in [3.63, 3.8) is 0 Å². The van der Waals surface area contributed by atoms with Gasteiger partial charge in [-0.05, 0) is 30.2 Å². The van der Waals surface area contributed by atoms with Gasteiger partial charge < -0.3 is 10.4 Å². The minimum absolute atomic E-state index is 0.0134. The first kappa shape index (κ1) is 20.2. The third-order valence-electron chi connectivity index (χ3n) is 3.97. The molecular formula is C19H23NO5P+. The van der Waals surface area contributed by atoms with Gasteiger partial charge in [-0.15, -0.1) is 0 Å². The van der Waals surface area contributed by atoms with E-state index in [0.717, 1.165) is 11.1 Å². The quantitative estimate of drug-likeness (QED) is 0.501. The summed E-state index contributed by atoms with van der Waals surface area (Å²) in [4.78, 5) is 43.3. The van der Waals surface area contributed by atoms with E-state index in [0.29, 0.717) is 0 Å². The van der Waals surface area contributed by atoms with Gasteiger partial charge in [0.1, 0.15) is 6.16 Å². The third kappa shape index (κ3) is 6.32. The second-order valence-corrected chi connectivity index (χ2v) is 8.64. The van der Waals surface area contributed by atoms with Crippen LogP contribution in [0.15, 0.2) is 54.6 Å². The largest absolute Gasteiger partial charge is 0.478 e. The number of benzene rings is 2. The predicted molar refractivity (Wildman–Crippen MR) is 101 cm³/mol. The van der Waals surface area contributed by atoms with Crippen molar-refractivity contribution in [1.29, 1.82) is 0 Å². The molecular weight excluding hydrogens is 353 g/mol. The van der Waals surface area contributed by atoms with Crippen LogP contribution in [0, 0.1) is 0 Å². The summed E-state index contributed by atoms with van der Waals surface area (Å²) in [6.45, 7) is 1.87. The molecule has 6 nitrogen and oxygen atoms in total. The molecule has 0 aliphatic rings. The lowest BCUT2D eigenvalue weighted by atomic mass is 10.1. The summed E-state index contributed by atoms with van der Waals surface area (Å²) in [5.74, 6) is -1.26. The van der Waals surface area contributed by atoms with Crippen LogP contribution >= 0.6 is 7.72 Å². The zero-order chi connectivity index (χ0) is 19.2. The molecule has 0 bridgehead atoms. The molecule has 0 saturated heterocycles. The number of ketones is 1. The van der Waals surface area contributed by atoms with Crippen LogP contribution in [0.25, 0.3) is 0 Å². The van der Waals surface area contributed by atoms with Gasteiger partial charge in [0, 0.05) is 6.04 Å². The fourth-order valence-electron chi connectivity index (χ4n) is 2.57. The van der Waals surface area contributed by atoms with Gasteiger partial charge in [0.2, 0.25) is 0 Å². The topological polar surface area (TPSA) is 107 Å². The van der Waals surface area contributed by atoms with E-state index in [9.17, 15) is 19.4 Å². The standard InChI is InChI=1S/C19H22NO5P/c1-14(16-7-9-17(10-8-16)19(22)23)20-11-18(21)13-26(24,25)12-15-5-3-2-4-6-15/h2-10,14,20,24-25H,11-13H2,1H3/p+1. The molecule has 2 aromatic carbocycles. The summed E-state index contributed by atoms with van der Waals surface area (Å²) in [5.41, 5.74) is 1.84. The zero-order valence-electron chi connectivity index (χ0n) is 14.5. The highest BCUT2D eigenvalue weighted by Gasteiger charge is 2.36. The number of carboxylic acids is 1. The normalized spacial score (nSPS) is 12.6. The maximum Gasteiger partial charge on any atom is 0.335 e. The fraction of sp³-hybridized carbons (Fsp3) is 0.263. The number of carboxylic acid groups (broad SMARTS) is 1. The molecule has 7 heteroatoms. The van der Waals surface area contributed by atoms with Crippen molar-refractivity contribution in [3.8, 4) is 0 Å². The van der Waals surface area contributed by atoms with Gasteiger partial charge in [-0.3, -0.25) is 4.79 Å². The van der Waals surface area contributed by atoms with Gasteiger partial charge in [-0.1, -0.05) is 42.5 Å². The molecule has 0 saturated carbocycles. The van der Waals surface area contributed by atoms with Gasteiger partial charge in [0.25, 0.3) is 7.72 Å². The van der Waals surface area contributed by atoms with Gasteiger partial charge in [-0.25, -0.2) is 14.6 Å². The maximum absolute atomic E-state index is 12.1. The number of carbonyl (C=O) groups is 2. The Morgan fingerprint density at radius 3 is 2.23 bits per heavy atom. The number of aromatic carboxylic acids is 1. The van der Waals surface area contributed by atoms with Crippen molar-refractivity contribution in [2.24, 2.45) is 0 Å². The molecule has 0 heterocycles. The highest BCUT2D eigenvalue weighted by molar-refractivity contribution is 7.64. The minimum Gasteiger partial charge on any atom is -0.478 e. The summed E-state index contributed by atoms with van der Waals surface area (Å²) < 4.78 is 0. The van der Waals surface area contributed by atoms with Crippen LogP contribution in [0.4, 0.5) is 0 Å². The van der Waals surface area contributed by atoms with E-state index >= 15 is 0 Å². The van der Waals surface area contributed by atoms with Crippen molar-refractivity contribution in [2.75, 3.05) is 12.7 Å². The smallest absolute Gasteiger partial charge is 0.335 e. The lowest BCUT2D eigenvalue weighted by molar-refractivity contribution is -0.116. The summed E-state index contributed by atoms with van der Waals surface area (Å²) >= 11 is 0. The van der Waals surface area contributed by atoms with Crippen molar-refractivity contribution >= 4 is 19.5 Å². The van der Waals surface area contributed by atoms with E-state index in [2.05, 4.69) is 5.32 Å². The molecule has 0 radical (unpaired) electrons. The van der Waals surface area contributed by atoms with Crippen LogP contribution in [0.5, 0.6) is 0 Å².